The van der Waals surface area contributed by atoms with E-state index >= 15 is 0 Å². The van der Waals surface area contributed by atoms with Crippen LogP contribution in [0.5, 0.6) is 0 Å². The van der Waals surface area contributed by atoms with Crippen molar-refractivity contribution in [1.29, 1.82) is 0 Å². The zero-order valence-electron chi connectivity index (χ0n) is 13.2. The maximum absolute atomic E-state index is 2.56. The normalized spacial score (nSPS) is 29.6. The molecule has 1 nitrogen and oxygen atoms in total. The van der Waals surface area contributed by atoms with Gasteiger partial charge in [-0.15, -0.1) is 0 Å². The second-order valence-corrected chi connectivity index (χ2v) is 7.41. The maximum atomic E-state index is 2.56. The number of hydrogen-bond acceptors (Lipinski definition) is 0. The van der Waals surface area contributed by atoms with E-state index in [0.717, 1.165) is 12.3 Å². The first-order valence-electron chi connectivity index (χ1n) is 9.02. The van der Waals surface area contributed by atoms with Crippen molar-refractivity contribution in [3.05, 3.63) is 58.3 Å². The highest BCUT2D eigenvalue weighted by Crippen LogP contribution is 2.45. The molecule has 2 aliphatic heterocycles. The van der Waals surface area contributed by atoms with Crippen LogP contribution in [0, 0.1) is 5.92 Å². The molecular formula is C21H24N+. The minimum absolute atomic E-state index is 0.691. The molecule has 1 aromatic rings. The van der Waals surface area contributed by atoms with Gasteiger partial charge < -0.3 is 0 Å². The summed E-state index contributed by atoms with van der Waals surface area (Å²) in [5.74, 6) is 0.780. The highest BCUT2D eigenvalue weighted by molar-refractivity contribution is 5.55. The maximum Gasteiger partial charge on any atom is 0.179 e. The van der Waals surface area contributed by atoms with Gasteiger partial charge in [0.05, 0.1) is 0 Å². The molecule has 2 heterocycles. The van der Waals surface area contributed by atoms with E-state index < -0.39 is 0 Å². The number of benzene rings is 1. The molecule has 0 saturated heterocycles. The number of rotatable bonds is 0. The third-order valence-corrected chi connectivity index (χ3v) is 6.15. The third-order valence-electron chi connectivity index (χ3n) is 6.15. The summed E-state index contributed by atoms with van der Waals surface area (Å²) in [6.07, 6.45) is 15.5. The van der Waals surface area contributed by atoms with E-state index in [0.29, 0.717) is 6.04 Å². The second-order valence-electron chi connectivity index (χ2n) is 7.41. The van der Waals surface area contributed by atoms with Crippen LogP contribution in [-0.2, 0) is 12.8 Å². The fourth-order valence-electron chi connectivity index (χ4n) is 5.21. The minimum Gasteiger partial charge on any atom is -0.202 e. The molecular weight excluding hydrogens is 266 g/mol. The summed E-state index contributed by atoms with van der Waals surface area (Å²) >= 11 is 0. The Hall–Kier alpha value is -1.63. The van der Waals surface area contributed by atoms with E-state index in [1.807, 2.05) is 0 Å². The molecule has 0 aromatic heterocycles. The molecule has 2 aliphatic carbocycles. The van der Waals surface area contributed by atoms with Crippen molar-refractivity contribution in [2.24, 2.45) is 5.92 Å². The van der Waals surface area contributed by atoms with Crippen molar-refractivity contribution in [3.8, 4) is 0 Å². The predicted molar refractivity (Wildman–Crippen MR) is 90.3 cm³/mol. The van der Waals surface area contributed by atoms with E-state index in [1.165, 1.54) is 44.9 Å². The van der Waals surface area contributed by atoms with E-state index in [-0.39, 0.29) is 0 Å². The van der Waals surface area contributed by atoms with Gasteiger partial charge in [0.15, 0.2) is 12.2 Å². The molecule has 1 heteroatoms. The van der Waals surface area contributed by atoms with Gasteiger partial charge in [0.25, 0.3) is 0 Å². The van der Waals surface area contributed by atoms with E-state index in [9.17, 15) is 0 Å². The van der Waals surface area contributed by atoms with Crippen LogP contribution in [0.25, 0.3) is 0 Å². The number of nitrogens with zero attached hydrogens (tertiary/aromatic N) is 1. The zero-order chi connectivity index (χ0) is 14.5. The van der Waals surface area contributed by atoms with E-state index in [1.54, 1.807) is 27.8 Å². The summed E-state index contributed by atoms with van der Waals surface area (Å²) in [5, 5.41) is 0. The van der Waals surface area contributed by atoms with Crippen LogP contribution in [0.3, 0.4) is 0 Å². The first-order chi connectivity index (χ1) is 10.9. The summed E-state index contributed by atoms with van der Waals surface area (Å²) < 4.78 is 2.56. The monoisotopic (exact) mass is 290 g/mol. The van der Waals surface area contributed by atoms with Crippen LogP contribution in [-0.4, -0.2) is 16.8 Å². The first-order valence-corrected chi connectivity index (χ1v) is 9.02. The molecule has 22 heavy (non-hydrogen) atoms. The Balaban J connectivity index is 1.70. The molecule has 0 N–H and O–H groups in total. The van der Waals surface area contributed by atoms with Gasteiger partial charge in [-0.2, -0.15) is 0 Å². The molecule has 1 aromatic carbocycles. The molecule has 0 amide bonds. The fraction of sp³-hybridized carbons (Fsp3) is 0.476. The Morgan fingerprint density at radius 1 is 1.00 bits per heavy atom. The van der Waals surface area contributed by atoms with Crippen LogP contribution in [0.1, 0.15) is 49.7 Å². The number of hydrogen-bond donors (Lipinski definition) is 0. The first kappa shape index (κ1) is 12.9. The van der Waals surface area contributed by atoms with Crippen molar-refractivity contribution >= 4 is 6.21 Å². The fourth-order valence-corrected chi connectivity index (χ4v) is 5.21. The van der Waals surface area contributed by atoms with Gasteiger partial charge >= 0.3 is 0 Å². The molecule has 5 rings (SSSR count). The van der Waals surface area contributed by atoms with Crippen LogP contribution in [0.15, 0.2) is 47.2 Å². The molecule has 0 radical (unpaired) electrons. The minimum atomic E-state index is 0.691. The van der Waals surface area contributed by atoms with E-state index in [4.69, 9.17) is 0 Å². The Kier molecular flexibility index (Phi) is 2.89. The molecule has 0 saturated carbocycles. The topological polar surface area (TPSA) is 3.01 Å². The van der Waals surface area contributed by atoms with Crippen molar-refractivity contribution in [2.75, 3.05) is 0 Å². The van der Waals surface area contributed by atoms with Gasteiger partial charge in [-0.1, -0.05) is 24.3 Å². The molecule has 0 spiro atoms. The van der Waals surface area contributed by atoms with Gasteiger partial charge in [0, 0.05) is 30.4 Å². The van der Waals surface area contributed by atoms with Crippen LogP contribution in [0.4, 0.5) is 0 Å². The molecule has 2 atom stereocenters. The molecule has 0 bridgehead atoms. The van der Waals surface area contributed by atoms with Crippen molar-refractivity contribution < 1.29 is 4.58 Å². The number of allylic oxidation sites excluding steroid dienone is 2. The molecule has 2 unspecified atom stereocenters. The van der Waals surface area contributed by atoms with Crippen LogP contribution in [0.2, 0.25) is 0 Å². The summed E-state index contributed by atoms with van der Waals surface area (Å²) in [4.78, 5) is 0. The summed E-state index contributed by atoms with van der Waals surface area (Å²) in [5.41, 5.74) is 8.36. The highest BCUT2D eigenvalue weighted by Gasteiger charge is 2.40. The van der Waals surface area contributed by atoms with Crippen LogP contribution >= 0.6 is 0 Å². The summed E-state index contributed by atoms with van der Waals surface area (Å²) in [7, 11) is 0. The van der Waals surface area contributed by atoms with Crippen LogP contribution < -0.4 is 0 Å². The quantitative estimate of drug-likeness (QED) is 0.622. The molecule has 0 fully saturated rings. The second kappa shape index (κ2) is 4.94. The Labute approximate surface area is 133 Å². The lowest BCUT2D eigenvalue weighted by atomic mass is 9.73. The van der Waals surface area contributed by atoms with Gasteiger partial charge in [0.1, 0.15) is 6.21 Å². The smallest absolute Gasteiger partial charge is 0.179 e. The van der Waals surface area contributed by atoms with E-state index in [2.05, 4.69) is 41.3 Å². The third kappa shape index (κ3) is 1.87. The number of fused-ring (bicyclic) bond motifs is 3. The predicted octanol–water partition coefficient (Wildman–Crippen LogP) is 4.42. The lowest BCUT2D eigenvalue weighted by Crippen LogP contribution is -2.36. The largest absolute Gasteiger partial charge is 0.202 e. The SMILES string of the molecule is C1=C2Cc3ccccc3CC3CCCC(=C23)C2CCCC=[N+]12. The molecule has 4 aliphatic rings. The summed E-state index contributed by atoms with van der Waals surface area (Å²) in [6.45, 7) is 0. The van der Waals surface area contributed by atoms with Crippen molar-refractivity contribution in [1.82, 2.24) is 0 Å². The average Bonchev–Trinajstić information content (AvgIpc) is 2.72. The highest BCUT2D eigenvalue weighted by atomic mass is 15.0. The van der Waals surface area contributed by atoms with Crippen molar-refractivity contribution in [3.63, 3.8) is 0 Å². The Bertz CT molecular complexity index is 719. The zero-order valence-corrected chi connectivity index (χ0v) is 13.2. The van der Waals surface area contributed by atoms with Gasteiger partial charge in [-0.25, -0.2) is 4.58 Å². The molecule has 112 valence electrons. The van der Waals surface area contributed by atoms with Gasteiger partial charge in [-0.3, -0.25) is 0 Å². The summed E-state index contributed by atoms with van der Waals surface area (Å²) in [6, 6.07) is 9.83. The Morgan fingerprint density at radius 3 is 2.86 bits per heavy atom. The Morgan fingerprint density at radius 2 is 1.91 bits per heavy atom. The van der Waals surface area contributed by atoms with Gasteiger partial charge in [-0.05, 0) is 54.7 Å². The standard InChI is InChI=1S/C21H24N/c1-2-7-16-13-18-14-22-11-4-3-10-20(22)19-9-5-8-17(21(18)19)12-15(16)6-1/h1-2,6-7,11,14,17,20H,3-5,8-10,12-13H2/q+1. The average molecular weight is 290 g/mol. The van der Waals surface area contributed by atoms with Gasteiger partial charge in [0.2, 0.25) is 0 Å². The lowest BCUT2D eigenvalue weighted by Gasteiger charge is -2.34. The van der Waals surface area contributed by atoms with Crippen molar-refractivity contribution in [2.45, 2.75) is 57.4 Å². The lowest BCUT2D eigenvalue weighted by molar-refractivity contribution is -0.495.